The fourth-order valence-electron chi connectivity index (χ4n) is 3.28. The molecule has 2 heterocycles. The minimum absolute atomic E-state index is 0.106. The Labute approximate surface area is 157 Å². The minimum atomic E-state index is -0.397. The first kappa shape index (κ1) is 17.1. The van der Waals surface area contributed by atoms with Crippen molar-refractivity contribution in [1.82, 2.24) is 10.3 Å². The van der Waals surface area contributed by atoms with Gasteiger partial charge in [-0.1, -0.05) is 48.0 Å². The smallest absolute Gasteiger partial charge is 0.261 e. The molecule has 0 aliphatic carbocycles. The fraction of sp³-hybridized carbons (Fsp3) is 0.182. The molecule has 2 N–H and O–H groups in total. The Morgan fingerprint density at radius 1 is 1.07 bits per heavy atom. The molecule has 5 nitrogen and oxygen atoms in total. The van der Waals surface area contributed by atoms with Crippen LogP contribution in [0.4, 0.5) is 0 Å². The zero-order valence-electron chi connectivity index (χ0n) is 15.0. The number of amides is 1. The van der Waals surface area contributed by atoms with E-state index >= 15 is 0 Å². The first-order valence-corrected chi connectivity index (χ1v) is 8.95. The van der Waals surface area contributed by atoms with Crippen LogP contribution in [-0.2, 0) is 0 Å². The van der Waals surface area contributed by atoms with Gasteiger partial charge in [0.2, 0.25) is 0 Å². The molecule has 0 spiro atoms. The van der Waals surface area contributed by atoms with Gasteiger partial charge in [0.05, 0.1) is 12.6 Å². The number of pyridine rings is 1. The molecule has 2 aromatic carbocycles. The second-order valence-corrected chi connectivity index (χ2v) is 6.68. The molecular weight excluding hydrogens is 340 g/mol. The standard InChI is InChI=1S/C22H20N2O3/c1-14-6-8-15(9-7-14)18-11-10-17(21(25)23-18)22(26)24-19-12-13-27-20-5-3-2-4-16(19)20/h2-11,19H,12-13H2,1H3,(H,23,25)(H,24,26)/t19-/m1/s1. The molecule has 1 aromatic heterocycles. The van der Waals surface area contributed by atoms with Crippen LogP contribution in [0.1, 0.15) is 33.9 Å². The van der Waals surface area contributed by atoms with Crippen LogP contribution in [0.2, 0.25) is 0 Å². The van der Waals surface area contributed by atoms with Gasteiger partial charge in [-0.2, -0.15) is 0 Å². The fourth-order valence-corrected chi connectivity index (χ4v) is 3.28. The number of nitrogens with one attached hydrogen (secondary N) is 2. The summed E-state index contributed by atoms with van der Waals surface area (Å²) in [6.07, 6.45) is 0.669. The summed E-state index contributed by atoms with van der Waals surface area (Å²) in [5.74, 6) is 0.395. The van der Waals surface area contributed by atoms with Gasteiger partial charge in [-0.15, -0.1) is 0 Å². The number of carbonyl (C=O) groups is 1. The van der Waals surface area contributed by atoms with Gasteiger partial charge in [-0.05, 0) is 30.7 Å². The highest BCUT2D eigenvalue weighted by molar-refractivity contribution is 5.94. The average molecular weight is 360 g/mol. The molecule has 5 heteroatoms. The number of benzene rings is 2. The molecule has 4 rings (SSSR count). The zero-order valence-corrected chi connectivity index (χ0v) is 15.0. The largest absolute Gasteiger partial charge is 0.493 e. The number of H-pyrrole nitrogens is 1. The number of aromatic nitrogens is 1. The van der Waals surface area contributed by atoms with E-state index < -0.39 is 5.56 Å². The van der Waals surface area contributed by atoms with Crippen molar-refractivity contribution in [3.05, 3.63) is 87.7 Å². The third-order valence-corrected chi connectivity index (χ3v) is 4.78. The lowest BCUT2D eigenvalue weighted by atomic mass is 10.00. The monoisotopic (exact) mass is 360 g/mol. The van der Waals surface area contributed by atoms with Crippen LogP contribution in [-0.4, -0.2) is 17.5 Å². The van der Waals surface area contributed by atoms with E-state index in [0.29, 0.717) is 18.7 Å². The molecular formula is C22H20N2O3. The Morgan fingerprint density at radius 3 is 2.63 bits per heavy atom. The van der Waals surface area contributed by atoms with Gasteiger partial charge in [-0.25, -0.2) is 0 Å². The maximum atomic E-state index is 12.7. The van der Waals surface area contributed by atoms with E-state index in [-0.39, 0.29) is 17.5 Å². The van der Waals surface area contributed by atoms with Gasteiger partial charge in [-0.3, -0.25) is 9.59 Å². The molecule has 1 aliphatic rings. The summed E-state index contributed by atoms with van der Waals surface area (Å²) in [7, 11) is 0. The van der Waals surface area contributed by atoms with Crippen molar-refractivity contribution in [2.45, 2.75) is 19.4 Å². The number of fused-ring (bicyclic) bond motifs is 1. The Kier molecular flexibility index (Phi) is 4.50. The van der Waals surface area contributed by atoms with E-state index in [1.165, 1.54) is 0 Å². The summed E-state index contributed by atoms with van der Waals surface area (Å²) in [4.78, 5) is 27.9. The lowest BCUT2D eigenvalue weighted by Crippen LogP contribution is -2.35. The second-order valence-electron chi connectivity index (χ2n) is 6.68. The summed E-state index contributed by atoms with van der Waals surface area (Å²) in [6, 6.07) is 18.7. The molecule has 1 atom stereocenters. The van der Waals surface area contributed by atoms with Crippen molar-refractivity contribution < 1.29 is 9.53 Å². The molecule has 136 valence electrons. The SMILES string of the molecule is Cc1ccc(-c2ccc(C(=O)N[C@@H]3CCOc4ccccc43)c(=O)[nH]2)cc1. The molecule has 0 bridgehead atoms. The predicted octanol–water partition coefficient (Wildman–Crippen LogP) is 3.60. The zero-order chi connectivity index (χ0) is 18.8. The Morgan fingerprint density at radius 2 is 1.85 bits per heavy atom. The van der Waals surface area contributed by atoms with Gasteiger partial charge in [0.15, 0.2) is 0 Å². The topological polar surface area (TPSA) is 71.2 Å². The molecule has 0 radical (unpaired) electrons. The normalized spacial score (nSPS) is 15.5. The van der Waals surface area contributed by atoms with Crippen molar-refractivity contribution in [3.8, 4) is 17.0 Å². The maximum absolute atomic E-state index is 12.7. The average Bonchev–Trinajstić information content (AvgIpc) is 2.68. The van der Waals surface area contributed by atoms with Gasteiger partial charge in [0, 0.05) is 17.7 Å². The molecule has 3 aromatic rings. The number of hydrogen-bond donors (Lipinski definition) is 2. The van der Waals surface area contributed by atoms with Gasteiger partial charge >= 0.3 is 0 Å². The quantitative estimate of drug-likeness (QED) is 0.750. The first-order chi connectivity index (χ1) is 13.1. The van der Waals surface area contributed by atoms with Gasteiger partial charge < -0.3 is 15.0 Å². The van der Waals surface area contributed by atoms with Crippen LogP contribution in [0.5, 0.6) is 5.75 Å². The number of carbonyl (C=O) groups excluding carboxylic acids is 1. The summed E-state index contributed by atoms with van der Waals surface area (Å²) in [6.45, 7) is 2.54. The summed E-state index contributed by atoms with van der Waals surface area (Å²) < 4.78 is 5.62. The van der Waals surface area contributed by atoms with Crippen LogP contribution in [0.25, 0.3) is 11.3 Å². The molecule has 0 fully saturated rings. The van der Waals surface area contributed by atoms with Crippen LogP contribution in [0, 0.1) is 6.92 Å². The highest BCUT2D eigenvalue weighted by Crippen LogP contribution is 2.31. The van der Waals surface area contributed by atoms with Crippen molar-refractivity contribution in [3.63, 3.8) is 0 Å². The van der Waals surface area contributed by atoms with E-state index in [4.69, 9.17) is 4.74 Å². The molecule has 1 aliphatic heterocycles. The van der Waals surface area contributed by atoms with Crippen LogP contribution in [0.15, 0.2) is 65.5 Å². The van der Waals surface area contributed by atoms with Crippen LogP contribution in [0.3, 0.4) is 0 Å². The molecule has 1 amide bonds. The minimum Gasteiger partial charge on any atom is -0.493 e. The Bertz CT molecular complexity index is 1040. The van der Waals surface area contributed by atoms with Crippen LogP contribution < -0.4 is 15.6 Å². The summed E-state index contributed by atoms with van der Waals surface area (Å²) >= 11 is 0. The molecule has 27 heavy (non-hydrogen) atoms. The highest BCUT2D eigenvalue weighted by Gasteiger charge is 2.24. The Hall–Kier alpha value is -3.34. The summed E-state index contributed by atoms with van der Waals surface area (Å²) in [5, 5.41) is 2.96. The predicted molar refractivity (Wildman–Crippen MR) is 104 cm³/mol. The molecule has 0 unspecified atom stereocenters. The van der Waals surface area contributed by atoms with Crippen LogP contribution >= 0.6 is 0 Å². The Balaban J connectivity index is 1.56. The number of para-hydroxylation sites is 1. The molecule has 0 saturated carbocycles. The number of aryl methyl sites for hydroxylation is 1. The van der Waals surface area contributed by atoms with E-state index in [2.05, 4.69) is 10.3 Å². The van der Waals surface area contributed by atoms with Crippen molar-refractivity contribution in [2.24, 2.45) is 0 Å². The maximum Gasteiger partial charge on any atom is 0.261 e. The van der Waals surface area contributed by atoms with Crippen molar-refractivity contribution in [1.29, 1.82) is 0 Å². The summed E-state index contributed by atoms with van der Waals surface area (Å²) in [5.41, 5.74) is 3.38. The van der Waals surface area contributed by atoms with Gasteiger partial charge in [0.1, 0.15) is 11.3 Å². The number of rotatable bonds is 3. The second kappa shape index (κ2) is 7.11. The molecule has 0 saturated heterocycles. The number of hydrogen-bond acceptors (Lipinski definition) is 3. The highest BCUT2D eigenvalue weighted by atomic mass is 16.5. The van der Waals surface area contributed by atoms with E-state index in [1.807, 2.05) is 55.5 Å². The first-order valence-electron chi connectivity index (χ1n) is 8.95. The lowest BCUT2D eigenvalue weighted by molar-refractivity contribution is 0.0923. The van der Waals surface area contributed by atoms with E-state index in [1.54, 1.807) is 12.1 Å². The third kappa shape index (κ3) is 3.49. The number of aromatic amines is 1. The lowest BCUT2D eigenvalue weighted by Gasteiger charge is -2.26. The van der Waals surface area contributed by atoms with Crippen molar-refractivity contribution >= 4 is 5.91 Å². The van der Waals surface area contributed by atoms with E-state index in [9.17, 15) is 9.59 Å². The third-order valence-electron chi connectivity index (χ3n) is 4.78. The van der Waals surface area contributed by atoms with E-state index in [0.717, 1.165) is 22.4 Å². The number of ether oxygens (including phenoxy) is 1. The van der Waals surface area contributed by atoms with Gasteiger partial charge in [0.25, 0.3) is 11.5 Å². The van der Waals surface area contributed by atoms with Crippen molar-refractivity contribution in [2.75, 3.05) is 6.61 Å².